The fourth-order valence-corrected chi connectivity index (χ4v) is 1.59. The van der Waals surface area contributed by atoms with Gasteiger partial charge in [-0.1, -0.05) is 11.6 Å². The largest absolute Gasteiger partial charge is 0.437 e. The first-order chi connectivity index (χ1) is 8.06. The summed E-state index contributed by atoms with van der Waals surface area (Å²) < 4.78 is 19.0. The van der Waals surface area contributed by atoms with Gasteiger partial charge in [-0.3, -0.25) is 0 Å². The highest BCUT2D eigenvalue weighted by Crippen LogP contribution is 2.28. The highest BCUT2D eigenvalue weighted by atomic mass is 79.9. The van der Waals surface area contributed by atoms with E-state index in [9.17, 15) is 4.39 Å². The lowest BCUT2D eigenvalue weighted by molar-refractivity contribution is 0.460. The van der Waals surface area contributed by atoms with Crippen molar-refractivity contribution < 1.29 is 9.13 Å². The van der Waals surface area contributed by atoms with E-state index in [0.717, 1.165) is 0 Å². The van der Waals surface area contributed by atoms with Crippen LogP contribution in [-0.2, 0) is 0 Å². The molecule has 88 valence electrons. The maximum atomic E-state index is 13.2. The van der Waals surface area contributed by atoms with Crippen LogP contribution in [0.3, 0.4) is 0 Å². The Balaban J connectivity index is 2.28. The average Bonchev–Trinajstić information content (AvgIpc) is 2.27. The van der Waals surface area contributed by atoms with Gasteiger partial charge in [0.25, 0.3) is 0 Å². The third-order valence-corrected chi connectivity index (χ3v) is 2.80. The van der Waals surface area contributed by atoms with Crippen molar-refractivity contribution >= 4 is 33.2 Å². The number of nitrogens with two attached hydrogens (primary N) is 1. The second-order valence-corrected chi connectivity index (χ2v) is 4.52. The molecule has 3 nitrogen and oxygen atoms in total. The summed E-state index contributed by atoms with van der Waals surface area (Å²) in [5.41, 5.74) is 5.95. The number of anilines is 1. The van der Waals surface area contributed by atoms with Crippen molar-refractivity contribution in [3.63, 3.8) is 0 Å². The fourth-order valence-electron chi connectivity index (χ4n) is 1.18. The van der Waals surface area contributed by atoms with Crippen molar-refractivity contribution in [3.8, 4) is 11.6 Å². The lowest BCUT2D eigenvalue weighted by Gasteiger charge is -2.07. The Morgan fingerprint density at radius 3 is 2.76 bits per heavy atom. The first-order valence-electron chi connectivity index (χ1n) is 4.60. The highest BCUT2D eigenvalue weighted by molar-refractivity contribution is 9.10. The molecule has 0 saturated heterocycles. The molecule has 0 atom stereocenters. The molecule has 2 N–H and O–H groups in total. The van der Waals surface area contributed by atoms with Crippen LogP contribution >= 0.6 is 27.5 Å². The summed E-state index contributed by atoms with van der Waals surface area (Å²) in [6, 6.07) is 5.89. The maximum absolute atomic E-state index is 13.2. The number of halogens is 3. The smallest absolute Gasteiger partial charge is 0.242 e. The minimum atomic E-state index is -0.421. The van der Waals surface area contributed by atoms with Crippen LogP contribution < -0.4 is 10.5 Å². The number of ether oxygens (including phenoxy) is 1. The van der Waals surface area contributed by atoms with Gasteiger partial charge in [0.1, 0.15) is 11.6 Å². The SMILES string of the molecule is Nc1cc(Cl)cnc1Oc1ccc(Br)c(F)c1. The van der Waals surface area contributed by atoms with Gasteiger partial charge < -0.3 is 10.5 Å². The van der Waals surface area contributed by atoms with Crippen molar-refractivity contribution in [2.75, 3.05) is 5.73 Å². The summed E-state index contributed by atoms with van der Waals surface area (Å²) in [5.74, 6) is 0.0818. The number of hydrogen-bond donors (Lipinski definition) is 1. The number of hydrogen-bond acceptors (Lipinski definition) is 3. The number of nitrogens with zero attached hydrogens (tertiary/aromatic N) is 1. The highest BCUT2D eigenvalue weighted by Gasteiger charge is 2.07. The Morgan fingerprint density at radius 1 is 1.35 bits per heavy atom. The molecule has 2 aromatic rings. The van der Waals surface area contributed by atoms with Crippen molar-refractivity contribution in [3.05, 3.63) is 45.8 Å². The zero-order chi connectivity index (χ0) is 12.4. The topological polar surface area (TPSA) is 48.1 Å². The van der Waals surface area contributed by atoms with Crippen LogP contribution in [0, 0.1) is 5.82 Å². The van der Waals surface area contributed by atoms with E-state index in [-0.39, 0.29) is 5.88 Å². The van der Waals surface area contributed by atoms with E-state index in [2.05, 4.69) is 20.9 Å². The summed E-state index contributed by atoms with van der Waals surface area (Å²) in [4.78, 5) is 3.91. The van der Waals surface area contributed by atoms with E-state index >= 15 is 0 Å². The van der Waals surface area contributed by atoms with Gasteiger partial charge in [0.15, 0.2) is 0 Å². The fraction of sp³-hybridized carbons (Fsp3) is 0. The number of nitrogen functional groups attached to an aromatic ring is 1. The minimum Gasteiger partial charge on any atom is -0.437 e. The van der Waals surface area contributed by atoms with Crippen LogP contribution in [0.25, 0.3) is 0 Å². The summed E-state index contributed by atoms with van der Waals surface area (Å²) in [7, 11) is 0. The van der Waals surface area contributed by atoms with Gasteiger partial charge in [0.2, 0.25) is 5.88 Å². The molecule has 0 aliphatic carbocycles. The second kappa shape index (κ2) is 4.89. The Morgan fingerprint density at radius 2 is 2.12 bits per heavy atom. The van der Waals surface area contributed by atoms with Gasteiger partial charge >= 0.3 is 0 Å². The molecule has 1 aromatic heterocycles. The molecule has 1 aromatic carbocycles. The molecule has 2 rings (SSSR count). The number of benzene rings is 1. The zero-order valence-electron chi connectivity index (χ0n) is 8.45. The molecule has 0 radical (unpaired) electrons. The van der Waals surface area contributed by atoms with Gasteiger partial charge in [0.05, 0.1) is 15.2 Å². The van der Waals surface area contributed by atoms with Crippen LogP contribution in [0.2, 0.25) is 5.02 Å². The van der Waals surface area contributed by atoms with Gasteiger partial charge in [-0.05, 0) is 34.1 Å². The Hall–Kier alpha value is -1.33. The Kier molecular flexibility index (Phi) is 3.49. The van der Waals surface area contributed by atoms with E-state index in [1.54, 1.807) is 6.07 Å². The lowest BCUT2D eigenvalue weighted by atomic mass is 10.3. The monoisotopic (exact) mass is 316 g/mol. The summed E-state index contributed by atoms with van der Waals surface area (Å²) in [6.07, 6.45) is 1.41. The first kappa shape index (κ1) is 12.1. The van der Waals surface area contributed by atoms with Crippen LogP contribution in [0.5, 0.6) is 11.6 Å². The third-order valence-electron chi connectivity index (χ3n) is 1.95. The number of pyridine rings is 1. The lowest BCUT2D eigenvalue weighted by Crippen LogP contribution is -1.95. The average molecular weight is 318 g/mol. The van der Waals surface area contributed by atoms with Gasteiger partial charge in [-0.2, -0.15) is 0 Å². The Labute approximate surface area is 110 Å². The van der Waals surface area contributed by atoms with Gasteiger partial charge in [0, 0.05) is 12.3 Å². The van der Waals surface area contributed by atoms with Gasteiger partial charge in [-0.25, -0.2) is 9.37 Å². The molecule has 0 bridgehead atoms. The summed E-state index contributed by atoms with van der Waals surface area (Å²) in [5, 5.41) is 0.414. The number of aromatic nitrogens is 1. The molecule has 0 unspecified atom stereocenters. The maximum Gasteiger partial charge on any atom is 0.242 e. The van der Waals surface area contributed by atoms with E-state index in [0.29, 0.717) is 20.9 Å². The summed E-state index contributed by atoms with van der Waals surface area (Å²) >= 11 is 8.75. The molecule has 17 heavy (non-hydrogen) atoms. The predicted molar refractivity (Wildman–Crippen MR) is 67.8 cm³/mol. The molecule has 6 heteroatoms. The molecule has 0 spiro atoms. The van der Waals surface area contributed by atoms with E-state index in [1.807, 2.05) is 0 Å². The predicted octanol–water partition coefficient (Wildman–Crippen LogP) is 4.01. The normalized spacial score (nSPS) is 10.3. The molecule has 0 amide bonds. The van der Waals surface area contributed by atoms with E-state index in [1.165, 1.54) is 24.4 Å². The molecular formula is C11H7BrClFN2O. The van der Waals surface area contributed by atoms with Crippen molar-refractivity contribution in [2.45, 2.75) is 0 Å². The van der Waals surface area contributed by atoms with Crippen LogP contribution in [-0.4, -0.2) is 4.98 Å². The van der Waals surface area contributed by atoms with E-state index in [4.69, 9.17) is 22.1 Å². The Bertz CT molecular complexity index is 565. The molecular weight excluding hydrogens is 310 g/mol. The first-order valence-corrected chi connectivity index (χ1v) is 5.77. The standard InChI is InChI=1S/C11H7BrClFN2O/c12-8-2-1-7(4-9(8)14)17-11-10(15)3-6(13)5-16-11/h1-5H,15H2. The van der Waals surface area contributed by atoms with Crippen LogP contribution in [0.4, 0.5) is 10.1 Å². The molecule has 0 aliphatic heterocycles. The van der Waals surface area contributed by atoms with E-state index < -0.39 is 5.82 Å². The molecule has 0 fully saturated rings. The second-order valence-electron chi connectivity index (χ2n) is 3.23. The number of rotatable bonds is 2. The molecule has 0 aliphatic rings. The zero-order valence-corrected chi connectivity index (χ0v) is 10.8. The third kappa shape index (κ3) is 2.87. The van der Waals surface area contributed by atoms with Gasteiger partial charge in [-0.15, -0.1) is 0 Å². The molecule has 0 saturated carbocycles. The van der Waals surface area contributed by atoms with Crippen molar-refractivity contribution in [2.24, 2.45) is 0 Å². The molecule has 1 heterocycles. The quantitative estimate of drug-likeness (QED) is 0.910. The van der Waals surface area contributed by atoms with Crippen LogP contribution in [0.1, 0.15) is 0 Å². The van der Waals surface area contributed by atoms with Crippen LogP contribution in [0.15, 0.2) is 34.9 Å². The van der Waals surface area contributed by atoms with Crippen molar-refractivity contribution in [1.29, 1.82) is 0 Å². The minimum absolute atomic E-state index is 0.191. The summed E-state index contributed by atoms with van der Waals surface area (Å²) in [6.45, 7) is 0. The van der Waals surface area contributed by atoms with Crippen molar-refractivity contribution in [1.82, 2.24) is 4.98 Å².